The second-order valence-electron chi connectivity index (χ2n) is 6.81. The Balaban J connectivity index is 1.40. The minimum Gasteiger partial charge on any atom is -0.378 e. The quantitative estimate of drug-likeness (QED) is 0.787. The van der Waals surface area contributed by atoms with E-state index in [4.69, 9.17) is 4.74 Å². The van der Waals surface area contributed by atoms with E-state index in [1.165, 1.54) is 0 Å². The van der Waals surface area contributed by atoms with E-state index in [0.29, 0.717) is 69.6 Å². The van der Waals surface area contributed by atoms with Gasteiger partial charge in [0, 0.05) is 62.8 Å². The predicted octanol–water partition coefficient (Wildman–Crippen LogP) is 0.911. The number of hydrogen-bond donors (Lipinski definition) is 0. The number of ether oxygens (including phenoxy) is 1. The molecular formula is C20H23N5O3. The fourth-order valence-corrected chi connectivity index (χ4v) is 3.48. The Morgan fingerprint density at radius 2 is 1.36 bits per heavy atom. The predicted molar refractivity (Wildman–Crippen MR) is 103 cm³/mol. The molecule has 8 heteroatoms. The first-order valence-corrected chi connectivity index (χ1v) is 9.51. The molecule has 0 spiro atoms. The van der Waals surface area contributed by atoms with Crippen LogP contribution in [0.25, 0.3) is 0 Å². The van der Waals surface area contributed by atoms with Gasteiger partial charge in [0.25, 0.3) is 11.8 Å². The van der Waals surface area contributed by atoms with Gasteiger partial charge in [-0.05, 0) is 24.3 Å². The summed E-state index contributed by atoms with van der Waals surface area (Å²) in [5.74, 6) is 0.585. The van der Waals surface area contributed by atoms with Crippen molar-refractivity contribution in [3.63, 3.8) is 0 Å². The molecule has 1 aromatic carbocycles. The number of morpholine rings is 1. The number of rotatable bonds is 3. The van der Waals surface area contributed by atoms with Crippen LogP contribution < -0.4 is 4.90 Å². The summed E-state index contributed by atoms with van der Waals surface area (Å²) in [7, 11) is 0. The number of nitrogens with zero attached hydrogens (tertiary/aromatic N) is 5. The first-order chi connectivity index (χ1) is 13.7. The lowest BCUT2D eigenvalue weighted by Gasteiger charge is -2.34. The molecule has 2 aliphatic rings. The zero-order chi connectivity index (χ0) is 19.3. The highest BCUT2D eigenvalue weighted by Crippen LogP contribution is 2.15. The highest BCUT2D eigenvalue weighted by atomic mass is 16.5. The zero-order valence-corrected chi connectivity index (χ0v) is 15.7. The third-order valence-electron chi connectivity index (χ3n) is 5.06. The summed E-state index contributed by atoms with van der Waals surface area (Å²) in [6.07, 6.45) is 3.44. The van der Waals surface area contributed by atoms with Gasteiger partial charge < -0.3 is 19.4 Å². The maximum Gasteiger partial charge on any atom is 0.254 e. The largest absolute Gasteiger partial charge is 0.378 e. The number of anilines is 1. The van der Waals surface area contributed by atoms with E-state index in [1.54, 1.807) is 47.6 Å². The van der Waals surface area contributed by atoms with Crippen LogP contribution in [0.5, 0.6) is 0 Å². The number of amides is 2. The lowest BCUT2D eigenvalue weighted by atomic mass is 10.1. The van der Waals surface area contributed by atoms with Crippen molar-refractivity contribution in [3.8, 4) is 0 Å². The van der Waals surface area contributed by atoms with Gasteiger partial charge in [-0.2, -0.15) is 0 Å². The number of piperazine rings is 1. The highest BCUT2D eigenvalue weighted by Gasteiger charge is 2.25. The number of aromatic nitrogens is 2. The van der Waals surface area contributed by atoms with Crippen LogP contribution in [-0.4, -0.2) is 84.1 Å². The van der Waals surface area contributed by atoms with Crippen molar-refractivity contribution in [2.24, 2.45) is 0 Å². The van der Waals surface area contributed by atoms with Gasteiger partial charge >= 0.3 is 0 Å². The summed E-state index contributed by atoms with van der Waals surface area (Å²) in [6.45, 7) is 4.84. The summed E-state index contributed by atoms with van der Waals surface area (Å²) in [5, 5.41) is 0. The summed E-state index contributed by atoms with van der Waals surface area (Å²) in [4.78, 5) is 39.8. The van der Waals surface area contributed by atoms with E-state index in [-0.39, 0.29) is 11.8 Å². The normalized spacial score (nSPS) is 17.5. The fraction of sp³-hybridized carbons (Fsp3) is 0.400. The molecule has 146 valence electrons. The van der Waals surface area contributed by atoms with Crippen molar-refractivity contribution in [1.29, 1.82) is 0 Å². The smallest absolute Gasteiger partial charge is 0.254 e. The Kier molecular flexibility index (Phi) is 5.48. The molecule has 0 radical (unpaired) electrons. The lowest BCUT2D eigenvalue weighted by Crippen LogP contribution is -2.49. The minimum absolute atomic E-state index is 0.0507. The highest BCUT2D eigenvalue weighted by molar-refractivity contribution is 5.99. The second kappa shape index (κ2) is 8.35. The van der Waals surface area contributed by atoms with Crippen molar-refractivity contribution in [3.05, 3.63) is 53.9 Å². The first kappa shape index (κ1) is 18.4. The van der Waals surface area contributed by atoms with Gasteiger partial charge in [0.15, 0.2) is 0 Å². The van der Waals surface area contributed by atoms with Crippen LogP contribution in [0.1, 0.15) is 20.7 Å². The van der Waals surface area contributed by atoms with E-state index < -0.39 is 0 Å². The Bertz CT molecular complexity index is 831. The lowest BCUT2D eigenvalue weighted by molar-refractivity contribution is 0.0303. The maximum absolute atomic E-state index is 12.9. The van der Waals surface area contributed by atoms with Crippen LogP contribution in [-0.2, 0) is 4.74 Å². The average molecular weight is 381 g/mol. The third kappa shape index (κ3) is 3.96. The molecular weight excluding hydrogens is 358 g/mol. The van der Waals surface area contributed by atoms with Crippen LogP contribution in [0, 0.1) is 0 Å². The molecule has 2 aliphatic heterocycles. The maximum atomic E-state index is 12.9. The van der Waals surface area contributed by atoms with Crippen molar-refractivity contribution < 1.29 is 14.3 Å². The molecule has 0 atom stereocenters. The molecule has 28 heavy (non-hydrogen) atoms. The average Bonchev–Trinajstić information content (AvgIpc) is 2.79. The number of benzene rings is 1. The third-order valence-corrected chi connectivity index (χ3v) is 5.06. The Morgan fingerprint density at radius 1 is 0.786 bits per heavy atom. The van der Waals surface area contributed by atoms with Crippen molar-refractivity contribution >= 4 is 17.8 Å². The molecule has 1 aromatic heterocycles. The SMILES string of the molecule is O=C(c1cccc(C(=O)N2CCN(c3ncccn3)CC2)c1)N1CCOCC1. The van der Waals surface area contributed by atoms with Crippen molar-refractivity contribution in [1.82, 2.24) is 19.8 Å². The Labute approximate surface area is 163 Å². The van der Waals surface area contributed by atoms with Crippen molar-refractivity contribution in [2.75, 3.05) is 57.4 Å². The molecule has 8 nitrogen and oxygen atoms in total. The minimum atomic E-state index is -0.0519. The molecule has 2 aromatic rings. The molecule has 0 N–H and O–H groups in total. The molecule has 0 bridgehead atoms. The Morgan fingerprint density at radius 3 is 1.96 bits per heavy atom. The topological polar surface area (TPSA) is 78.9 Å². The van der Waals surface area contributed by atoms with E-state index in [2.05, 4.69) is 14.9 Å². The van der Waals surface area contributed by atoms with Crippen molar-refractivity contribution in [2.45, 2.75) is 0 Å². The van der Waals surface area contributed by atoms with Crippen LogP contribution in [0.3, 0.4) is 0 Å². The summed E-state index contributed by atoms with van der Waals surface area (Å²) in [5.41, 5.74) is 1.09. The van der Waals surface area contributed by atoms with Crippen LogP contribution in [0.2, 0.25) is 0 Å². The van der Waals surface area contributed by atoms with Gasteiger partial charge in [0.1, 0.15) is 0 Å². The van der Waals surface area contributed by atoms with Gasteiger partial charge in [0.2, 0.25) is 5.95 Å². The standard InChI is InChI=1S/C20H23N5O3/c26-18(23-7-9-25(10-8-23)20-21-5-2-6-22-20)16-3-1-4-17(15-16)19(27)24-11-13-28-14-12-24/h1-6,15H,7-14H2. The molecule has 2 fully saturated rings. The summed E-state index contributed by atoms with van der Waals surface area (Å²) < 4.78 is 5.30. The molecule has 0 aliphatic carbocycles. The van der Waals surface area contributed by atoms with Crippen LogP contribution in [0.4, 0.5) is 5.95 Å². The molecule has 0 unspecified atom stereocenters. The van der Waals surface area contributed by atoms with Crippen LogP contribution >= 0.6 is 0 Å². The zero-order valence-electron chi connectivity index (χ0n) is 15.7. The van der Waals surface area contributed by atoms with E-state index in [0.717, 1.165) is 0 Å². The van der Waals surface area contributed by atoms with Crippen LogP contribution in [0.15, 0.2) is 42.7 Å². The molecule has 2 saturated heterocycles. The van der Waals surface area contributed by atoms with Gasteiger partial charge in [-0.3, -0.25) is 9.59 Å². The molecule has 3 heterocycles. The first-order valence-electron chi connectivity index (χ1n) is 9.51. The van der Waals surface area contributed by atoms with Gasteiger partial charge in [-0.25, -0.2) is 9.97 Å². The second-order valence-corrected chi connectivity index (χ2v) is 6.81. The molecule has 2 amide bonds. The van der Waals surface area contributed by atoms with E-state index in [1.807, 2.05) is 4.90 Å². The van der Waals surface area contributed by atoms with Gasteiger partial charge in [-0.1, -0.05) is 6.07 Å². The monoisotopic (exact) mass is 381 g/mol. The van der Waals surface area contributed by atoms with Gasteiger partial charge in [-0.15, -0.1) is 0 Å². The van der Waals surface area contributed by atoms with Gasteiger partial charge in [0.05, 0.1) is 13.2 Å². The van der Waals surface area contributed by atoms with E-state index >= 15 is 0 Å². The Hall–Kier alpha value is -3.00. The fourth-order valence-electron chi connectivity index (χ4n) is 3.48. The number of carbonyl (C=O) groups is 2. The number of hydrogen-bond acceptors (Lipinski definition) is 6. The summed E-state index contributed by atoms with van der Waals surface area (Å²) >= 11 is 0. The van der Waals surface area contributed by atoms with E-state index in [9.17, 15) is 9.59 Å². The number of carbonyl (C=O) groups excluding carboxylic acids is 2. The molecule has 0 saturated carbocycles. The molecule has 4 rings (SSSR count). The summed E-state index contributed by atoms with van der Waals surface area (Å²) in [6, 6.07) is 8.79.